The van der Waals surface area contributed by atoms with Crippen LogP contribution < -0.4 is 4.74 Å². The van der Waals surface area contributed by atoms with Gasteiger partial charge in [-0.15, -0.1) is 0 Å². The quantitative estimate of drug-likeness (QED) is 0.498. The molecule has 4 unspecified atom stereocenters. The summed E-state index contributed by atoms with van der Waals surface area (Å²) in [5.41, 5.74) is 4.14. The molecule has 0 heterocycles. The van der Waals surface area contributed by atoms with Crippen LogP contribution in [0.5, 0.6) is 5.75 Å². The second kappa shape index (κ2) is 9.16. The predicted octanol–water partition coefficient (Wildman–Crippen LogP) is 7.85. The van der Waals surface area contributed by atoms with Crippen molar-refractivity contribution in [3.63, 3.8) is 0 Å². The van der Waals surface area contributed by atoms with Crippen molar-refractivity contribution < 1.29 is 4.74 Å². The monoisotopic (exact) mass is 376 g/mol. The van der Waals surface area contributed by atoms with Crippen molar-refractivity contribution >= 4 is 0 Å². The Bertz CT molecular complexity index is 730. The maximum Gasteiger partial charge on any atom is 0.119 e. The normalized spacial score (nSPS) is 27.2. The summed E-state index contributed by atoms with van der Waals surface area (Å²) in [6.45, 7) is 5.09. The van der Waals surface area contributed by atoms with E-state index in [1.807, 2.05) is 6.92 Å². The average Bonchev–Trinajstić information content (AvgIpc) is 2.75. The summed E-state index contributed by atoms with van der Waals surface area (Å²) in [6, 6.07) is 17.9. The lowest BCUT2D eigenvalue weighted by Crippen LogP contribution is -2.30. The number of hydrogen-bond donors (Lipinski definition) is 0. The molecule has 0 radical (unpaired) electrons. The van der Waals surface area contributed by atoms with E-state index in [2.05, 4.69) is 55.5 Å². The lowest BCUT2D eigenvalue weighted by atomic mass is 9.63. The van der Waals surface area contributed by atoms with Gasteiger partial charge in [-0.2, -0.15) is 0 Å². The molecule has 2 saturated carbocycles. The molecule has 2 aliphatic rings. The average molecular weight is 377 g/mol. The first-order valence-electron chi connectivity index (χ1n) is 11.6. The van der Waals surface area contributed by atoms with Crippen LogP contribution in [0.2, 0.25) is 0 Å². The van der Waals surface area contributed by atoms with Crippen LogP contribution in [-0.2, 0) is 0 Å². The third kappa shape index (κ3) is 4.45. The smallest absolute Gasteiger partial charge is 0.119 e. The fourth-order valence-electron chi connectivity index (χ4n) is 5.82. The molecule has 0 amide bonds. The summed E-state index contributed by atoms with van der Waals surface area (Å²) in [4.78, 5) is 0. The first-order valence-corrected chi connectivity index (χ1v) is 11.6. The third-order valence-electron chi connectivity index (χ3n) is 7.30. The molecule has 150 valence electrons. The minimum atomic E-state index is 0.719. The topological polar surface area (TPSA) is 9.23 Å². The molecule has 4 atom stereocenters. The highest BCUT2D eigenvalue weighted by Gasteiger charge is 2.35. The van der Waals surface area contributed by atoms with Gasteiger partial charge in [0.05, 0.1) is 6.61 Å². The molecule has 0 aliphatic heterocycles. The summed E-state index contributed by atoms with van der Waals surface area (Å²) in [6.07, 6.45) is 11.6. The molecular weight excluding hydrogens is 340 g/mol. The summed E-state index contributed by atoms with van der Waals surface area (Å²) >= 11 is 0. The molecule has 1 nitrogen and oxygen atoms in total. The van der Waals surface area contributed by atoms with E-state index in [9.17, 15) is 0 Å². The summed E-state index contributed by atoms with van der Waals surface area (Å²) in [7, 11) is 0. The van der Waals surface area contributed by atoms with Crippen molar-refractivity contribution in [1.29, 1.82) is 0 Å². The molecule has 2 aliphatic carbocycles. The van der Waals surface area contributed by atoms with Crippen LogP contribution in [-0.4, -0.2) is 6.61 Å². The summed E-state index contributed by atoms with van der Waals surface area (Å²) in [5.74, 6) is 4.75. The van der Waals surface area contributed by atoms with Gasteiger partial charge in [-0.3, -0.25) is 0 Å². The first-order chi connectivity index (χ1) is 13.8. The zero-order chi connectivity index (χ0) is 19.3. The molecule has 4 rings (SSSR count). The zero-order valence-electron chi connectivity index (χ0n) is 17.7. The third-order valence-corrected chi connectivity index (χ3v) is 7.30. The van der Waals surface area contributed by atoms with Crippen LogP contribution in [0.1, 0.15) is 76.7 Å². The van der Waals surface area contributed by atoms with Gasteiger partial charge in [0.1, 0.15) is 5.75 Å². The minimum absolute atomic E-state index is 0.719. The van der Waals surface area contributed by atoms with E-state index in [4.69, 9.17) is 4.74 Å². The standard InChI is InChI=1S/C27H36O/c1-3-5-20-6-7-26-19-25(13-12-24(26)18-20)23-10-8-21(9-11-23)22-14-16-27(17-15-22)28-4-2/h8-11,14-17,20,24-26H,3-7,12-13,18-19H2,1-2H3. The molecule has 0 saturated heterocycles. The maximum absolute atomic E-state index is 5.56. The van der Waals surface area contributed by atoms with E-state index >= 15 is 0 Å². The van der Waals surface area contributed by atoms with Gasteiger partial charge in [0, 0.05) is 0 Å². The highest BCUT2D eigenvalue weighted by Crippen LogP contribution is 2.48. The fraction of sp³-hybridized carbons (Fsp3) is 0.556. The van der Waals surface area contributed by atoms with E-state index in [-0.39, 0.29) is 0 Å². The van der Waals surface area contributed by atoms with Crippen LogP contribution in [0.25, 0.3) is 11.1 Å². The zero-order valence-corrected chi connectivity index (χ0v) is 17.7. The van der Waals surface area contributed by atoms with E-state index in [1.54, 1.807) is 5.56 Å². The molecule has 2 aromatic rings. The van der Waals surface area contributed by atoms with Crippen LogP contribution in [0.4, 0.5) is 0 Å². The molecule has 2 aromatic carbocycles. The summed E-state index contributed by atoms with van der Waals surface area (Å²) < 4.78 is 5.56. The molecule has 0 bridgehead atoms. The van der Waals surface area contributed by atoms with Gasteiger partial charge in [-0.25, -0.2) is 0 Å². The number of fused-ring (bicyclic) bond motifs is 1. The van der Waals surface area contributed by atoms with Crippen molar-refractivity contribution in [2.75, 3.05) is 6.61 Å². The number of hydrogen-bond acceptors (Lipinski definition) is 1. The molecule has 0 N–H and O–H groups in total. The van der Waals surface area contributed by atoms with Crippen molar-refractivity contribution in [2.24, 2.45) is 17.8 Å². The van der Waals surface area contributed by atoms with E-state index in [0.29, 0.717) is 0 Å². The summed E-state index contributed by atoms with van der Waals surface area (Å²) in [5, 5.41) is 0. The molecule has 28 heavy (non-hydrogen) atoms. The van der Waals surface area contributed by atoms with Gasteiger partial charge in [0.15, 0.2) is 0 Å². The first kappa shape index (κ1) is 19.6. The number of rotatable bonds is 6. The van der Waals surface area contributed by atoms with Crippen molar-refractivity contribution in [3.05, 3.63) is 54.1 Å². The minimum Gasteiger partial charge on any atom is -0.494 e. The van der Waals surface area contributed by atoms with Crippen LogP contribution in [0.15, 0.2) is 48.5 Å². The molecule has 0 aromatic heterocycles. The Hall–Kier alpha value is -1.76. The Labute approximate surface area is 171 Å². The lowest BCUT2D eigenvalue weighted by molar-refractivity contribution is 0.114. The van der Waals surface area contributed by atoms with Gasteiger partial charge in [-0.05, 0) is 91.5 Å². The van der Waals surface area contributed by atoms with E-state index < -0.39 is 0 Å². The van der Waals surface area contributed by atoms with Crippen molar-refractivity contribution in [3.8, 4) is 16.9 Å². The predicted molar refractivity (Wildman–Crippen MR) is 119 cm³/mol. The van der Waals surface area contributed by atoms with E-state index in [1.165, 1.54) is 62.5 Å². The van der Waals surface area contributed by atoms with Gasteiger partial charge in [0.25, 0.3) is 0 Å². The number of benzene rings is 2. The number of ether oxygens (including phenoxy) is 1. The second-order valence-electron chi connectivity index (χ2n) is 9.08. The van der Waals surface area contributed by atoms with Crippen LogP contribution in [0, 0.1) is 17.8 Å². The van der Waals surface area contributed by atoms with Gasteiger partial charge < -0.3 is 4.74 Å². The Balaban J connectivity index is 1.38. The highest BCUT2D eigenvalue weighted by atomic mass is 16.5. The van der Waals surface area contributed by atoms with Gasteiger partial charge >= 0.3 is 0 Å². The largest absolute Gasteiger partial charge is 0.494 e. The Morgan fingerprint density at radius 1 is 0.750 bits per heavy atom. The second-order valence-corrected chi connectivity index (χ2v) is 9.08. The van der Waals surface area contributed by atoms with E-state index in [0.717, 1.165) is 36.0 Å². The maximum atomic E-state index is 5.56. The molecule has 2 fully saturated rings. The molecule has 0 spiro atoms. The Morgan fingerprint density at radius 2 is 1.39 bits per heavy atom. The molecular formula is C27H36O. The van der Waals surface area contributed by atoms with Gasteiger partial charge in [0.2, 0.25) is 0 Å². The Morgan fingerprint density at radius 3 is 2.07 bits per heavy atom. The van der Waals surface area contributed by atoms with Crippen molar-refractivity contribution in [1.82, 2.24) is 0 Å². The van der Waals surface area contributed by atoms with Gasteiger partial charge in [-0.1, -0.05) is 62.6 Å². The Kier molecular flexibility index (Phi) is 6.40. The lowest BCUT2D eigenvalue weighted by Gasteiger charge is -2.42. The fourth-order valence-corrected chi connectivity index (χ4v) is 5.82. The van der Waals surface area contributed by atoms with Crippen LogP contribution >= 0.6 is 0 Å². The molecule has 1 heteroatoms. The highest BCUT2D eigenvalue weighted by molar-refractivity contribution is 5.64. The van der Waals surface area contributed by atoms with Crippen LogP contribution in [0.3, 0.4) is 0 Å². The van der Waals surface area contributed by atoms with Crippen molar-refractivity contribution in [2.45, 2.75) is 71.1 Å². The SMILES string of the molecule is CCCC1CCC2CC(c3ccc(-c4ccc(OCC)cc4)cc3)CCC2C1.